The van der Waals surface area contributed by atoms with Crippen molar-refractivity contribution >= 4 is 17.4 Å². The number of hydrogen-bond donors (Lipinski definition) is 2. The first-order valence-corrected chi connectivity index (χ1v) is 9.03. The molecule has 5 nitrogen and oxygen atoms in total. The number of aliphatic hydroxyl groups excluding tert-OH is 1. The van der Waals surface area contributed by atoms with E-state index in [1.165, 1.54) is 0 Å². The summed E-state index contributed by atoms with van der Waals surface area (Å²) in [7, 11) is 0. The summed E-state index contributed by atoms with van der Waals surface area (Å²) < 4.78 is 5.72. The zero-order chi connectivity index (χ0) is 16.8. The minimum Gasteiger partial charge on any atom is -0.489 e. The van der Waals surface area contributed by atoms with Crippen LogP contribution in [0.4, 0.5) is 4.79 Å². The largest absolute Gasteiger partial charge is 0.489 e. The van der Waals surface area contributed by atoms with Crippen molar-refractivity contribution in [3.05, 3.63) is 52.2 Å². The van der Waals surface area contributed by atoms with Crippen LogP contribution < -0.4 is 10.1 Å². The van der Waals surface area contributed by atoms with Gasteiger partial charge in [-0.25, -0.2) is 4.79 Å². The van der Waals surface area contributed by atoms with Crippen molar-refractivity contribution in [2.45, 2.75) is 32.1 Å². The second kappa shape index (κ2) is 8.17. The molecule has 0 unspecified atom stereocenters. The highest BCUT2D eigenvalue weighted by Crippen LogP contribution is 2.18. The predicted molar refractivity (Wildman–Crippen MR) is 94.1 cm³/mol. The number of hydrogen-bond acceptors (Lipinski definition) is 4. The van der Waals surface area contributed by atoms with Gasteiger partial charge in [-0.05, 0) is 36.4 Å². The van der Waals surface area contributed by atoms with E-state index < -0.39 is 0 Å². The monoisotopic (exact) mass is 346 g/mol. The molecular weight excluding hydrogens is 324 g/mol. The molecule has 0 saturated carbocycles. The SMILES string of the molecule is O=C(NCc1cc(COc2ccccc2)cs1)N1CCC(O)CC1. The van der Waals surface area contributed by atoms with E-state index in [2.05, 4.69) is 16.8 Å². The molecule has 0 aliphatic carbocycles. The van der Waals surface area contributed by atoms with Gasteiger partial charge in [-0.2, -0.15) is 0 Å². The molecule has 1 aliphatic rings. The number of likely N-dealkylation sites (tertiary alicyclic amines) is 1. The molecule has 0 spiro atoms. The minimum atomic E-state index is -0.265. The highest BCUT2D eigenvalue weighted by molar-refractivity contribution is 7.10. The van der Waals surface area contributed by atoms with Gasteiger partial charge in [-0.1, -0.05) is 18.2 Å². The standard InChI is InChI=1S/C18H22N2O3S/c21-15-6-8-20(9-7-15)18(22)19-11-17-10-14(13-24-17)12-23-16-4-2-1-3-5-16/h1-5,10,13,15,21H,6-9,11-12H2,(H,19,22). The van der Waals surface area contributed by atoms with Crippen molar-refractivity contribution in [1.82, 2.24) is 10.2 Å². The summed E-state index contributed by atoms with van der Waals surface area (Å²) in [6, 6.07) is 11.7. The molecule has 0 bridgehead atoms. The van der Waals surface area contributed by atoms with Gasteiger partial charge < -0.3 is 20.1 Å². The van der Waals surface area contributed by atoms with Crippen LogP contribution >= 0.6 is 11.3 Å². The van der Waals surface area contributed by atoms with Crippen molar-refractivity contribution in [2.24, 2.45) is 0 Å². The Morgan fingerprint density at radius 1 is 1.29 bits per heavy atom. The molecule has 2 amide bonds. The Kier molecular flexibility index (Phi) is 5.72. The van der Waals surface area contributed by atoms with Crippen LogP contribution in [0.3, 0.4) is 0 Å². The number of nitrogens with one attached hydrogen (secondary N) is 1. The number of ether oxygens (including phenoxy) is 1. The summed E-state index contributed by atoms with van der Waals surface area (Å²) in [4.78, 5) is 15.0. The van der Waals surface area contributed by atoms with Gasteiger partial charge in [-0.3, -0.25) is 0 Å². The quantitative estimate of drug-likeness (QED) is 0.875. The lowest BCUT2D eigenvalue weighted by atomic mass is 10.1. The number of para-hydroxylation sites is 1. The molecule has 3 rings (SSSR count). The molecular formula is C18H22N2O3S. The van der Waals surface area contributed by atoms with Gasteiger partial charge in [0.1, 0.15) is 12.4 Å². The lowest BCUT2D eigenvalue weighted by Crippen LogP contribution is -2.45. The Labute approximate surface area is 145 Å². The number of thiophene rings is 1. The number of amides is 2. The maximum absolute atomic E-state index is 12.1. The van der Waals surface area contributed by atoms with Crippen LogP contribution in [0, 0.1) is 0 Å². The van der Waals surface area contributed by atoms with Gasteiger partial charge in [0.15, 0.2) is 0 Å². The summed E-state index contributed by atoms with van der Waals surface area (Å²) in [5, 5.41) is 14.5. The van der Waals surface area contributed by atoms with Crippen LogP contribution in [0.25, 0.3) is 0 Å². The highest BCUT2D eigenvalue weighted by Gasteiger charge is 2.20. The fourth-order valence-corrected chi connectivity index (χ4v) is 3.44. The summed E-state index contributed by atoms with van der Waals surface area (Å²) in [6.45, 7) is 2.29. The van der Waals surface area contributed by atoms with Crippen LogP contribution in [0.1, 0.15) is 23.3 Å². The zero-order valence-electron chi connectivity index (χ0n) is 13.5. The third-order valence-electron chi connectivity index (χ3n) is 4.02. The van der Waals surface area contributed by atoms with E-state index in [9.17, 15) is 9.90 Å². The van der Waals surface area contributed by atoms with Gasteiger partial charge in [0.2, 0.25) is 0 Å². The Morgan fingerprint density at radius 3 is 2.79 bits per heavy atom. The number of urea groups is 1. The van der Waals surface area contributed by atoms with Crippen molar-refractivity contribution in [3.63, 3.8) is 0 Å². The van der Waals surface area contributed by atoms with E-state index in [-0.39, 0.29) is 12.1 Å². The lowest BCUT2D eigenvalue weighted by molar-refractivity contribution is 0.0936. The summed E-state index contributed by atoms with van der Waals surface area (Å²) >= 11 is 1.62. The topological polar surface area (TPSA) is 61.8 Å². The molecule has 6 heteroatoms. The molecule has 2 N–H and O–H groups in total. The second-order valence-electron chi connectivity index (χ2n) is 5.90. The lowest BCUT2D eigenvalue weighted by Gasteiger charge is -2.29. The molecule has 1 aromatic heterocycles. The average molecular weight is 346 g/mol. The fraction of sp³-hybridized carbons (Fsp3) is 0.389. The van der Waals surface area contributed by atoms with E-state index in [1.807, 2.05) is 30.3 Å². The molecule has 1 fully saturated rings. The third kappa shape index (κ3) is 4.72. The maximum atomic E-state index is 12.1. The van der Waals surface area contributed by atoms with Gasteiger partial charge in [-0.15, -0.1) is 11.3 Å². The zero-order valence-corrected chi connectivity index (χ0v) is 14.3. The maximum Gasteiger partial charge on any atom is 0.317 e. The Balaban J connectivity index is 1.43. The Bertz CT molecular complexity index is 651. The average Bonchev–Trinajstić information content (AvgIpc) is 3.07. The van der Waals surface area contributed by atoms with Crippen LogP contribution in [0.5, 0.6) is 5.75 Å². The minimum absolute atomic E-state index is 0.0580. The normalized spacial score (nSPS) is 15.3. The third-order valence-corrected chi connectivity index (χ3v) is 5.01. The number of carbonyl (C=O) groups excluding carboxylic acids is 1. The first-order valence-electron chi connectivity index (χ1n) is 8.15. The molecule has 2 aromatic rings. The Hall–Kier alpha value is -2.05. The molecule has 0 atom stereocenters. The second-order valence-corrected chi connectivity index (χ2v) is 6.90. The van der Waals surface area contributed by atoms with Gasteiger partial charge in [0.25, 0.3) is 0 Å². The van der Waals surface area contributed by atoms with E-state index in [0.717, 1.165) is 16.2 Å². The first kappa shape index (κ1) is 16.8. The highest BCUT2D eigenvalue weighted by atomic mass is 32.1. The molecule has 24 heavy (non-hydrogen) atoms. The van der Waals surface area contributed by atoms with Crippen LogP contribution in [0.15, 0.2) is 41.8 Å². The van der Waals surface area contributed by atoms with E-state index in [1.54, 1.807) is 16.2 Å². The molecule has 128 valence electrons. The van der Waals surface area contributed by atoms with Gasteiger partial charge in [0, 0.05) is 23.5 Å². The smallest absolute Gasteiger partial charge is 0.317 e. The van der Waals surface area contributed by atoms with E-state index in [4.69, 9.17) is 4.74 Å². The van der Waals surface area contributed by atoms with Crippen molar-refractivity contribution < 1.29 is 14.6 Å². The predicted octanol–water partition coefficient (Wildman–Crippen LogP) is 2.99. The summed E-state index contributed by atoms with van der Waals surface area (Å²) in [6.07, 6.45) is 1.05. The van der Waals surface area contributed by atoms with Crippen LogP contribution in [-0.4, -0.2) is 35.2 Å². The van der Waals surface area contributed by atoms with Crippen LogP contribution in [0.2, 0.25) is 0 Å². The molecule has 1 aliphatic heterocycles. The van der Waals surface area contributed by atoms with Crippen molar-refractivity contribution in [1.29, 1.82) is 0 Å². The first-order chi connectivity index (χ1) is 11.7. The van der Waals surface area contributed by atoms with Gasteiger partial charge in [0.05, 0.1) is 12.6 Å². The number of piperidine rings is 1. The fourth-order valence-electron chi connectivity index (χ4n) is 2.62. The van der Waals surface area contributed by atoms with Crippen LogP contribution in [-0.2, 0) is 13.2 Å². The van der Waals surface area contributed by atoms with Crippen molar-refractivity contribution in [3.8, 4) is 5.75 Å². The molecule has 2 heterocycles. The number of nitrogens with zero attached hydrogens (tertiary/aromatic N) is 1. The number of carbonyl (C=O) groups is 1. The van der Waals surface area contributed by atoms with Gasteiger partial charge >= 0.3 is 6.03 Å². The number of benzene rings is 1. The number of aliphatic hydroxyl groups is 1. The van der Waals surface area contributed by atoms with E-state index in [0.29, 0.717) is 39.1 Å². The number of rotatable bonds is 5. The molecule has 1 saturated heterocycles. The molecule has 1 aromatic carbocycles. The van der Waals surface area contributed by atoms with Crippen molar-refractivity contribution in [2.75, 3.05) is 13.1 Å². The summed E-state index contributed by atoms with van der Waals surface area (Å²) in [5.41, 5.74) is 1.11. The summed E-state index contributed by atoms with van der Waals surface area (Å²) in [5.74, 6) is 0.853. The molecule has 0 radical (unpaired) electrons. The Morgan fingerprint density at radius 2 is 2.04 bits per heavy atom. The van der Waals surface area contributed by atoms with E-state index >= 15 is 0 Å².